The lowest BCUT2D eigenvalue weighted by Gasteiger charge is -2.14. The molecule has 1 aliphatic rings. The Balaban J connectivity index is 1.55. The number of hydrogen-bond acceptors (Lipinski definition) is 5. The Morgan fingerprint density at radius 2 is 2.00 bits per heavy atom. The number of carbonyl (C=O) groups is 3. The first-order chi connectivity index (χ1) is 13.0. The fourth-order valence-electron chi connectivity index (χ4n) is 2.49. The molecule has 10 heteroatoms. The fourth-order valence-corrected chi connectivity index (χ4v) is 3.45. The zero-order chi connectivity index (χ0) is 19.4. The molecule has 1 aromatic heterocycles. The van der Waals surface area contributed by atoms with Crippen LogP contribution < -0.4 is 20.9 Å². The van der Waals surface area contributed by atoms with Crippen molar-refractivity contribution in [3.63, 3.8) is 0 Å². The standard InChI is InChI=1S/C17H17ClN4O4S/c1-19-16(24)21-10-2-4-11(5-3-10)22-9-12(26-17(22)25)8-20-15(23)13-6-7-14(18)27-13/h2-7,12H,8-9H2,1H3,(H,20,23)(H2,19,21,24)/t12-/m0/s1. The van der Waals surface area contributed by atoms with Crippen molar-refractivity contribution in [3.8, 4) is 0 Å². The molecule has 2 aromatic rings. The second kappa shape index (κ2) is 8.28. The highest BCUT2D eigenvalue weighted by atomic mass is 35.5. The van der Waals surface area contributed by atoms with Gasteiger partial charge in [-0.05, 0) is 36.4 Å². The molecular weight excluding hydrogens is 392 g/mol. The molecule has 1 saturated heterocycles. The minimum Gasteiger partial charge on any atom is -0.442 e. The van der Waals surface area contributed by atoms with Crippen molar-refractivity contribution in [1.29, 1.82) is 0 Å². The summed E-state index contributed by atoms with van der Waals surface area (Å²) in [7, 11) is 1.52. The number of anilines is 2. The van der Waals surface area contributed by atoms with Crippen LogP contribution in [0.25, 0.3) is 0 Å². The van der Waals surface area contributed by atoms with Gasteiger partial charge in [0.1, 0.15) is 6.10 Å². The highest BCUT2D eigenvalue weighted by Gasteiger charge is 2.32. The van der Waals surface area contributed by atoms with Crippen LogP contribution in [0.3, 0.4) is 0 Å². The molecule has 2 heterocycles. The summed E-state index contributed by atoms with van der Waals surface area (Å²) in [4.78, 5) is 37.4. The third-order valence-electron chi connectivity index (χ3n) is 3.83. The van der Waals surface area contributed by atoms with Crippen molar-refractivity contribution in [3.05, 3.63) is 45.6 Å². The first-order valence-electron chi connectivity index (χ1n) is 8.06. The van der Waals surface area contributed by atoms with E-state index in [-0.39, 0.29) is 18.5 Å². The molecule has 142 valence electrons. The Bertz CT molecular complexity index is 855. The third kappa shape index (κ3) is 4.69. The van der Waals surface area contributed by atoms with Gasteiger partial charge in [0.15, 0.2) is 0 Å². The summed E-state index contributed by atoms with van der Waals surface area (Å²) < 4.78 is 5.84. The first kappa shape index (κ1) is 19.0. The van der Waals surface area contributed by atoms with E-state index in [2.05, 4.69) is 16.0 Å². The molecule has 4 amide bonds. The second-order valence-corrected chi connectivity index (χ2v) is 7.40. The fraction of sp³-hybridized carbons (Fsp3) is 0.235. The number of amides is 4. The van der Waals surface area contributed by atoms with E-state index in [1.54, 1.807) is 36.4 Å². The van der Waals surface area contributed by atoms with Gasteiger partial charge in [-0.2, -0.15) is 0 Å². The summed E-state index contributed by atoms with van der Waals surface area (Å²) in [6.07, 6.45) is -0.944. The van der Waals surface area contributed by atoms with E-state index < -0.39 is 12.2 Å². The van der Waals surface area contributed by atoms with Crippen molar-refractivity contribution < 1.29 is 19.1 Å². The normalized spacial score (nSPS) is 16.0. The molecule has 3 N–H and O–H groups in total. The van der Waals surface area contributed by atoms with Crippen molar-refractivity contribution >= 4 is 52.3 Å². The van der Waals surface area contributed by atoms with Crippen LogP contribution in [0.15, 0.2) is 36.4 Å². The molecule has 0 bridgehead atoms. The van der Waals surface area contributed by atoms with Gasteiger partial charge in [-0.25, -0.2) is 9.59 Å². The van der Waals surface area contributed by atoms with Crippen molar-refractivity contribution in [1.82, 2.24) is 10.6 Å². The lowest BCUT2D eigenvalue weighted by Crippen LogP contribution is -2.34. The number of nitrogens with one attached hydrogen (secondary N) is 3. The molecule has 1 fully saturated rings. The zero-order valence-corrected chi connectivity index (χ0v) is 15.9. The number of halogens is 1. The van der Waals surface area contributed by atoms with E-state index in [1.165, 1.54) is 23.3 Å². The summed E-state index contributed by atoms with van der Waals surface area (Å²) in [5.74, 6) is -0.258. The summed E-state index contributed by atoms with van der Waals surface area (Å²) in [5, 5.41) is 7.83. The first-order valence-corrected chi connectivity index (χ1v) is 9.26. The number of urea groups is 1. The number of ether oxygens (including phenoxy) is 1. The van der Waals surface area contributed by atoms with E-state index in [9.17, 15) is 14.4 Å². The van der Waals surface area contributed by atoms with Crippen LogP contribution in [0.1, 0.15) is 9.67 Å². The Kier molecular flexibility index (Phi) is 5.82. The highest BCUT2D eigenvalue weighted by Crippen LogP contribution is 2.24. The van der Waals surface area contributed by atoms with Crippen LogP contribution in [-0.2, 0) is 4.74 Å². The van der Waals surface area contributed by atoms with Gasteiger partial charge in [0, 0.05) is 18.4 Å². The number of nitrogens with zero attached hydrogens (tertiary/aromatic N) is 1. The Morgan fingerprint density at radius 3 is 2.63 bits per heavy atom. The number of carbonyl (C=O) groups excluding carboxylic acids is 3. The molecule has 3 rings (SSSR count). The lowest BCUT2D eigenvalue weighted by atomic mass is 10.2. The predicted octanol–water partition coefficient (Wildman–Crippen LogP) is 2.91. The number of cyclic esters (lactones) is 1. The molecule has 0 saturated carbocycles. The van der Waals surface area contributed by atoms with E-state index >= 15 is 0 Å². The molecule has 27 heavy (non-hydrogen) atoms. The maximum atomic E-state index is 12.1. The summed E-state index contributed by atoms with van der Waals surface area (Å²) in [6.45, 7) is 0.513. The molecule has 1 aromatic carbocycles. The maximum absolute atomic E-state index is 12.1. The van der Waals surface area contributed by atoms with Gasteiger partial charge in [0.2, 0.25) is 0 Å². The second-order valence-electron chi connectivity index (χ2n) is 5.68. The van der Waals surface area contributed by atoms with E-state index in [4.69, 9.17) is 16.3 Å². The molecule has 0 radical (unpaired) electrons. The van der Waals surface area contributed by atoms with Crippen molar-refractivity contribution in [2.24, 2.45) is 0 Å². The average Bonchev–Trinajstić information content (AvgIpc) is 3.26. The Morgan fingerprint density at radius 1 is 1.26 bits per heavy atom. The van der Waals surface area contributed by atoms with Crippen LogP contribution in [0.2, 0.25) is 4.34 Å². The van der Waals surface area contributed by atoms with Gasteiger partial charge in [0.25, 0.3) is 5.91 Å². The van der Waals surface area contributed by atoms with Crippen LogP contribution in [0.4, 0.5) is 21.0 Å². The number of thiophene rings is 1. The number of hydrogen-bond donors (Lipinski definition) is 3. The van der Waals surface area contributed by atoms with Gasteiger partial charge in [-0.15, -0.1) is 11.3 Å². The van der Waals surface area contributed by atoms with Crippen LogP contribution in [0.5, 0.6) is 0 Å². The van der Waals surface area contributed by atoms with E-state index in [0.717, 1.165) is 0 Å². The van der Waals surface area contributed by atoms with Gasteiger partial charge >= 0.3 is 12.1 Å². The molecular formula is C17H17ClN4O4S. The molecule has 1 aliphatic heterocycles. The van der Waals surface area contributed by atoms with Crippen molar-refractivity contribution in [2.45, 2.75) is 6.10 Å². The van der Waals surface area contributed by atoms with Crippen molar-refractivity contribution in [2.75, 3.05) is 30.4 Å². The van der Waals surface area contributed by atoms with Gasteiger partial charge in [0.05, 0.1) is 22.3 Å². The molecule has 8 nitrogen and oxygen atoms in total. The summed E-state index contributed by atoms with van der Waals surface area (Å²) in [6, 6.07) is 9.76. The molecule has 0 aliphatic carbocycles. The minimum absolute atomic E-state index is 0.201. The smallest absolute Gasteiger partial charge is 0.414 e. The van der Waals surface area contributed by atoms with Gasteiger partial charge in [-0.1, -0.05) is 11.6 Å². The lowest BCUT2D eigenvalue weighted by molar-refractivity contribution is 0.0920. The molecule has 1 atom stereocenters. The Labute approximate surface area is 164 Å². The van der Waals surface area contributed by atoms with Crippen LogP contribution >= 0.6 is 22.9 Å². The summed E-state index contributed by atoms with van der Waals surface area (Å²) in [5.41, 5.74) is 1.24. The zero-order valence-electron chi connectivity index (χ0n) is 14.3. The predicted molar refractivity (Wildman–Crippen MR) is 104 cm³/mol. The third-order valence-corrected chi connectivity index (χ3v) is 5.06. The van der Waals surface area contributed by atoms with E-state index in [0.29, 0.717) is 27.1 Å². The topological polar surface area (TPSA) is 99.8 Å². The number of benzene rings is 1. The largest absolute Gasteiger partial charge is 0.442 e. The highest BCUT2D eigenvalue weighted by molar-refractivity contribution is 7.17. The van der Waals surface area contributed by atoms with Crippen LogP contribution in [0, 0.1) is 0 Å². The molecule has 0 spiro atoms. The van der Waals surface area contributed by atoms with Gasteiger partial charge < -0.3 is 20.7 Å². The van der Waals surface area contributed by atoms with Gasteiger partial charge in [-0.3, -0.25) is 9.69 Å². The monoisotopic (exact) mass is 408 g/mol. The maximum Gasteiger partial charge on any atom is 0.414 e. The average molecular weight is 409 g/mol. The summed E-state index contributed by atoms with van der Waals surface area (Å²) >= 11 is 7.00. The van der Waals surface area contributed by atoms with Crippen LogP contribution in [-0.4, -0.2) is 44.3 Å². The SMILES string of the molecule is CNC(=O)Nc1ccc(N2C[C@H](CNC(=O)c3ccc(Cl)s3)OC2=O)cc1. The molecule has 0 unspecified atom stereocenters. The quantitative estimate of drug-likeness (QED) is 0.708. The Hall–Kier alpha value is -2.78. The number of rotatable bonds is 5. The van der Waals surface area contributed by atoms with E-state index in [1.807, 2.05) is 0 Å². The minimum atomic E-state index is -0.486.